The minimum Gasteiger partial charge on any atom is -0.384 e. The van der Waals surface area contributed by atoms with Crippen molar-refractivity contribution in [2.24, 2.45) is 5.92 Å². The number of hydrogen-bond acceptors (Lipinski definition) is 5. The number of fused-ring (bicyclic) bond motifs is 1. The highest BCUT2D eigenvalue weighted by molar-refractivity contribution is 5.74. The number of ether oxygens (including phenoxy) is 1. The van der Waals surface area contributed by atoms with Crippen LogP contribution in [-0.2, 0) is 4.74 Å². The molecule has 3 rings (SSSR count). The molecule has 0 aromatic carbocycles. The third kappa shape index (κ3) is 1.73. The zero-order chi connectivity index (χ0) is 12.7. The zero-order valence-corrected chi connectivity index (χ0v) is 10.6. The summed E-state index contributed by atoms with van der Waals surface area (Å²) in [5, 5.41) is 0. The molecule has 96 valence electrons. The molecule has 1 saturated carbocycles. The smallest absolute Gasteiger partial charge is 0.222 e. The molecule has 0 atom stereocenters. The highest BCUT2D eigenvalue weighted by Gasteiger charge is 2.31. The van der Waals surface area contributed by atoms with E-state index in [1.165, 1.54) is 0 Å². The maximum absolute atomic E-state index is 5.70. The summed E-state index contributed by atoms with van der Waals surface area (Å²) in [6, 6.07) is 0.462. The third-order valence-corrected chi connectivity index (χ3v) is 3.62. The first-order chi connectivity index (χ1) is 8.69. The van der Waals surface area contributed by atoms with Gasteiger partial charge in [-0.1, -0.05) is 0 Å². The van der Waals surface area contributed by atoms with Gasteiger partial charge in [-0.2, -0.15) is 4.98 Å². The number of nitrogen functional groups attached to an aromatic ring is 1. The molecule has 2 N–H and O–H groups in total. The maximum atomic E-state index is 5.70. The second-order valence-corrected chi connectivity index (χ2v) is 4.94. The Bertz CT molecular complexity index is 573. The number of nitrogens with zero attached hydrogens (tertiary/aromatic N) is 4. The van der Waals surface area contributed by atoms with Crippen LogP contribution in [-0.4, -0.2) is 33.2 Å². The van der Waals surface area contributed by atoms with Crippen LogP contribution in [0.4, 0.5) is 5.95 Å². The van der Waals surface area contributed by atoms with Crippen LogP contribution in [0.1, 0.15) is 24.6 Å². The molecule has 0 radical (unpaired) electrons. The second-order valence-electron chi connectivity index (χ2n) is 4.94. The molecule has 0 aliphatic heterocycles. The molecule has 0 bridgehead atoms. The van der Waals surface area contributed by atoms with E-state index in [4.69, 9.17) is 10.5 Å². The van der Waals surface area contributed by atoms with Crippen LogP contribution in [0.15, 0.2) is 6.33 Å². The van der Waals surface area contributed by atoms with Crippen LogP contribution in [0, 0.1) is 12.8 Å². The van der Waals surface area contributed by atoms with Gasteiger partial charge < -0.3 is 15.0 Å². The van der Waals surface area contributed by atoms with E-state index in [2.05, 4.69) is 19.5 Å². The molecule has 6 nitrogen and oxygen atoms in total. The molecule has 6 heteroatoms. The predicted octanol–water partition coefficient (Wildman–Crippen LogP) is 1.31. The summed E-state index contributed by atoms with van der Waals surface area (Å²) in [5.41, 5.74) is 8.24. The Labute approximate surface area is 105 Å². The molecule has 0 amide bonds. The fourth-order valence-electron chi connectivity index (χ4n) is 2.65. The number of rotatable bonds is 3. The van der Waals surface area contributed by atoms with Crippen molar-refractivity contribution in [2.45, 2.75) is 25.8 Å². The van der Waals surface area contributed by atoms with Crippen LogP contribution in [0.25, 0.3) is 11.2 Å². The third-order valence-electron chi connectivity index (χ3n) is 3.62. The van der Waals surface area contributed by atoms with Crippen molar-refractivity contribution < 1.29 is 4.74 Å². The van der Waals surface area contributed by atoms with E-state index in [-0.39, 0.29) is 0 Å². The second kappa shape index (κ2) is 4.20. The zero-order valence-electron chi connectivity index (χ0n) is 10.6. The van der Waals surface area contributed by atoms with Gasteiger partial charge in [0.25, 0.3) is 0 Å². The van der Waals surface area contributed by atoms with Crippen molar-refractivity contribution in [1.29, 1.82) is 0 Å². The maximum Gasteiger partial charge on any atom is 0.222 e. The first kappa shape index (κ1) is 11.4. The monoisotopic (exact) mass is 247 g/mol. The Hall–Kier alpha value is -1.69. The topological polar surface area (TPSA) is 78.8 Å². The van der Waals surface area contributed by atoms with Crippen molar-refractivity contribution in [1.82, 2.24) is 19.5 Å². The molecule has 18 heavy (non-hydrogen) atoms. The lowest BCUT2D eigenvalue weighted by Crippen LogP contribution is -2.29. The summed E-state index contributed by atoms with van der Waals surface area (Å²) in [6.07, 6.45) is 4.07. The molecule has 1 fully saturated rings. The number of nitrogens with two attached hydrogens (primary N) is 1. The van der Waals surface area contributed by atoms with E-state index in [0.29, 0.717) is 17.9 Å². The van der Waals surface area contributed by atoms with Gasteiger partial charge in [-0.05, 0) is 25.7 Å². The van der Waals surface area contributed by atoms with E-state index in [1.54, 1.807) is 7.11 Å². The van der Waals surface area contributed by atoms with Crippen molar-refractivity contribution in [3.63, 3.8) is 0 Å². The molecular formula is C12H17N5O. The van der Waals surface area contributed by atoms with Gasteiger partial charge in [-0.25, -0.2) is 9.97 Å². The lowest BCUT2D eigenvalue weighted by Gasteiger charge is -2.35. The number of imidazole rings is 1. The Balaban J connectivity index is 1.90. The summed E-state index contributed by atoms with van der Waals surface area (Å²) in [5.74, 6) is 0.965. The lowest BCUT2D eigenvalue weighted by molar-refractivity contribution is 0.0788. The van der Waals surface area contributed by atoms with Gasteiger partial charge in [0.05, 0.1) is 12.0 Å². The van der Waals surface area contributed by atoms with Gasteiger partial charge in [-0.3, -0.25) is 0 Å². The van der Waals surface area contributed by atoms with Gasteiger partial charge in [0.1, 0.15) is 5.52 Å². The van der Waals surface area contributed by atoms with Crippen LogP contribution in [0.2, 0.25) is 0 Å². The largest absolute Gasteiger partial charge is 0.384 e. The van der Waals surface area contributed by atoms with Crippen LogP contribution < -0.4 is 5.73 Å². The van der Waals surface area contributed by atoms with E-state index in [9.17, 15) is 0 Å². The summed E-state index contributed by atoms with van der Waals surface area (Å²) in [6.45, 7) is 2.74. The van der Waals surface area contributed by atoms with Crippen molar-refractivity contribution in [2.75, 3.05) is 19.5 Å². The summed E-state index contributed by atoms with van der Waals surface area (Å²) >= 11 is 0. The summed E-state index contributed by atoms with van der Waals surface area (Å²) in [4.78, 5) is 12.8. The normalized spacial score (nSPS) is 23.2. The quantitative estimate of drug-likeness (QED) is 0.884. The van der Waals surface area contributed by atoms with E-state index < -0.39 is 0 Å². The molecular weight excluding hydrogens is 230 g/mol. The summed E-state index contributed by atoms with van der Waals surface area (Å²) < 4.78 is 7.28. The molecule has 2 heterocycles. The number of aryl methyl sites for hydroxylation is 1. The first-order valence-corrected chi connectivity index (χ1v) is 6.14. The molecule has 1 aliphatic carbocycles. The van der Waals surface area contributed by atoms with Crippen molar-refractivity contribution in [3.05, 3.63) is 12.0 Å². The molecule has 2 aromatic rings. The lowest BCUT2D eigenvalue weighted by atomic mass is 9.81. The Morgan fingerprint density at radius 2 is 2.22 bits per heavy atom. The van der Waals surface area contributed by atoms with Crippen molar-refractivity contribution in [3.8, 4) is 0 Å². The highest BCUT2D eigenvalue weighted by Crippen LogP contribution is 2.39. The van der Waals surface area contributed by atoms with E-state index in [0.717, 1.165) is 36.3 Å². The highest BCUT2D eigenvalue weighted by atomic mass is 16.5. The fraction of sp³-hybridized carbons (Fsp3) is 0.583. The minimum absolute atomic E-state index is 0.314. The number of hydrogen-bond donors (Lipinski definition) is 1. The number of aromatic nitrogens is 4. The van der Waals surface area contributed by atoms with Crippen molar-refractivity contribution >= 4 is 17.1 Å². The Morgan fingerprint density at radius 1 is 1.44 bits per heavy atom. The predicted molar refractivity (Wildman–Crippen MR) is 68.1 cm³/mol. The first-order valence-electron chi connectivity index (χ1n) is 6.14. The number of anilines is 1. The van der Waals surface area contributed by atoms with Gasteiger partial charge in [0.2, 0.25) is 5.95 Å². The Kier molecular flexibility index (Phi) is 2.66. The van der Waals surface area contributed by atoms with Crippen LogP contribution >= 0.6 is 0 Å². The van der Waals surface area contributed by atoms with Gasteiger partial charge in [0.15, 0.2) is 5.65 Å². The standard InChI is InChI=1S/C12H17N5O/c1-7-10-11(16-12(13)15-7)17(6-14-10)9-3-8(4-9)5-18-2/h6,8-9H,3-5H2,1-2H3,(H2,13,15,16)/t8-,9+. The van der Waals surface area contributed by atoms with Gasteiger partial charge in [0, 0.05) is 19.8 Å². The molecule has 0 saturated heterocycles. The van der Waals surface area contributed by atoms with E-state index in [1.807, 2.05) is 13.3 Å². The van der Waals surface area contributed by atoms with Crippen LogP contribution in [0.5, 0.6) is 0 Å². The SMILES string of the molecule is COC[C@H]1C[C@@H](n2cnc3c(C)nc(N)nc32)C1. The van der Waals surface area contributed by atoms with Gasteiger partial charge >= 0.3 is 0 Å². The van der Waals surface area contributed by atoms with E-state index >= 15 is 0 Å². The Morgan fingerprint density at radius 3 is 2.94 bits per heavy atom. The average molecular weight is 247 g/mol. The fourth-order valence-corrected chi connectivity index (χ4v) is 2.65. The van der Waals surface area contributed by atoms with Gasteiger partial charge in [-0.15, -0.1) is 0 Å². The molecule has 0 spiro atoms. The number of methoxy groups -OCH3 is 1. The molecule has 2 aromatic heterocycles. The molecule has 0 unspecified atom stereocenters. The summed E-state index contributed by atoms with van der Waals surface area (Å²) in [7, 11) is 1.75. The minimum atomic E-state index is 0.314. The van der Waals surface area contributed by atoms with Crippen LogP contribution in [0.3, 0.4) is 0 Å². The average Bonchev–Trinajstić information content (AvgIpc) is 2.66. The molecule has 1 aliphatic rings.